The zero-order valence-corrected chi connectivity index (χ0v) is 34.5. The fourth-order valence-corrected chi connectivity index (χ4v) is 7.92. The Bertz CT molecular complexity index is 1750. The maximum Gasteiger partial charge on any atom is 0.527 e. The molecule has 1 heterocycles. The lowest BCUT2D eigenvalue weighted by Crippen LogP contribution is -2.52. The fourth-order valence-electron chi connectivity index (χ4n) is 7.06. The summed E-state index contributed by atoms with van der Waals surface area (Å²) in [6.07, 6.45) is 0.629. The smallest absolute Gasteiger partial charge is 0.481 e. The summed E-state index contributed by atoms with van der Waals surface area (Å²) in [5.41, 5.74) is 6.96. The van der Waals surface area contributed by atoms with Crippen LogP contribution in [0.25, 0.3) is 11.1 Å². The summed E-state index contributed by atoms with van der Waals surface area (Å²) in [5, 5.41) is 31.3. The van der Waals surface area contributed by atoms with E-state index in [1.807, 2.05) is 38.7 Å². The lowest BCUT2D eigenvalue weighted by atomic mass is 9.90. The SMILES string of the molecule is Cc1cc(C)c(-c2cc(C)c(OP(=O)(O)OCCC[C@H](C(=O)O)N3CCN(CC=O)CCN(CC(=O)NCCC(=O)O)CCN(CC(=O)O)CC3)cc2C)c(C)c1. The van der Waals surface area contributed by atoms with Gasteiger partial charge in [-0.15, -0.1) is 0 Å². The number of benzene rings is 2. The number of amides is 1. The minimum atomic E-state index is -4.60. The summed E-state index contributed by atoms with van der Waals surface area (Å²) in [4.78, 5) is 76.9. The number of phosphoric ester groups is 1. The highest BCUT2D eigenvalue weighted by molar-refractivity contribution is 7.47. The van der Waals surface area contributed by atoms with E-state index in [4.69, 9.17) is 14.2 Å². The van der Waals surface area contributed by atoms with Gasteiger partial charge in [0.15, 0.2) is 0 Å². The van der Waals surface area contributed by atoms with Crippen molar-refractivity contribution >= 4 is 37.9 Å². The minimum Gasteiger partial charge on any atom is -0.481 e. The van der Waals surface area contributed by atoms with Gasteiger partial charge in [-0.25, -0.2) is 4.57 Å². The van der Waals surface area contributed by atoms with Gasteiger partial charge in [-0.1, -0.05) is 17.7 Å². The number of aliphatic carboxylic acids is 3. The zero-order chi connectivity index (χ0) is 42.3. The Balaban J connectivity index is 1.67. The standard InChI is InChI=1S/C39H58N5O12P/c1-27-21-30(4)38(31(5)22-27)32-23-29(3)34(24-28(32)2)56-57(53,54)55-20-6-7-33(39(51)52)44-16-14-41(18-19-45)10-11-42(25-35(46)40-9-8-36(47)48)12-13-43(15-17-44)26-37(49)50/h19,21-24,33H,6-18,20,25-26H2,1-5H3,(H,40,46)(H,47,48)(H,49,50)(H,51,52)(H,53,54)/t33-/m1/s1. The number of rotatable bonds is 19. The van der Waals surface area contributed by atoms with E-state index in [1.54, 1.807) is 27.7 Å². The molecule has 2 aromatic carbocycles. The number of nitrogens with one attached hydrogen (secondary N) is 1. The normalized spacial score (nSPS) is 17.1. The summed E-state index contributed by atoms with van der Waals surface area (Å²) in [5.74, 6) is -3.45. The van der Waals surface area contributed by atoms with Gasteiger partial charge in [0.2, 0.25) is 5.91 Å². The third kappa shape index (κ3) is 15.9. The molecule has 17 nitrogen and oxygen atoms in total. The Kier molecular flexibility index (Phi) is 18.7. The second kappa shape index (κ2) is 22.6. The molecule has 57 heavy (non-hydrogen) atoms. The molecule has 1 saturated heterocycles. The lowest BCUT2D eigenvalue weighted by molar-refractivity contribution is -0.144. The van der Waals surface area contributed by atoms with Gasteiger partial charge in [0.05, 0.1) is 32.7 Å². The molecule has 1 unspecified atom stereocenters. The first-order valence-corrected chi connectivity index (χ1v) is 20.5. The predicted molar refractivity (Wildman–Crippen MR) is 212 cm³/mol. The molecule has 18 heteroatoms. The molecule has 2 aromatic rings. The first-order chi connectivity index (χ1) is 26.9. The number of hydrogen-bond donors (Lipinski definition) is 5. The summed E-state index contributed by atoms with van der Waals surface area (Å²) in [6.45, 7) is 11.2. The van der Waals surface area contributed by atoms with Gasteiger partial charge in [-0.05, 0) is 93.0 Å². The van der Waals surface area contributed by atoms with Gasteiger partial charge in [0.25, 0.3) is 0 Å². The van der Waals surface area contributed by atoms with Crippen LogP contribution in [-0.2, 0) is 33.1 Å². The molecule has 1 fully saturated rings. The van der Waals surface area contributed by atoms with Crippen LogP contribution in [0.1, 0.15) is 47.1 Å². The minimum absolute atomic E-state index is 0.0348. The van der Waals surface area contributed by atoms with Gasteiger partial charge < -0.3 is 30.0 Å². The summed E-state index contributed by atoms with van der Waals surface area (Å²) in [7, 11) is -4.60. The van der Waals surface area contributed by atoms with E-state index in [1.165, 1.54) is 0 Å². The third-order valence-corrected chi connectivity index (χ3v) is 10.8. The molecule has 0 aromatic heterocycles. The predicted octanol–water partition coefficient (Wildman–Crippen LogP) is 2.72. The molecule has 2 atom stereocenters. The van der Waals surface area contributed by atoms with E-state index < -0.39 is 31.8 Å². The highest BCUT2D eigenvalue weighted by Gasteiger charge is 2.29. The largest absolute Gasteiger partial charge is 0.527 e. The highest BCUT2D eigenvalue weighted by Crippen LogP contribution is 2.46. The highest BCUT2D eigenvalue weighted by atomic mass is 31.2. The Morgan fingerprint density at radius 1 is 0.789 bits per heavy atom. The van der Waals surface area contributed by atoms with E-state index >= 15 is 0 Å². The molecule has 1 amide bonds. The average Bonchev–Trinajstić information content (AvgIpc) is 3.09. The molecule has 0 spiro atoms. The van der Waals surface area contributed by atoms with Gasteiger partial charge in [0, 0.05) is 58.9 Å². The second-order valence-electron chi connectivity index (χ2n) is 14.5. The van der Waals surface area contributed by atoms with E-state index in [2.05, 4.69) is 17.4 Å². The van der Waals surface area contributed by atoms with Crippen LogP contribution in [0.15, 0.2) is 24.3 Å². The van der Waals surface area contributed by atoms with Crippen molar-refractivity contribution in [3.63, 3.8) is 0 Å². The summed E-state index contributed by atoms with van der Waals surface area (Å²) in [6, 6.07) is 6.78. The van der Waals surface area contributed by atoms with Crippen LogP contribution >= 0.6 is 7.82 Å². The third-order valence-electron chi connectivity index (χ3n) is 9.88. The summed E-state index contributed by atoms with van der Waals surface area (Å²) >= 11 is 0. The van der Waals surface area contributed by atoms with Crippen molar-refractivity contribution in [1.82, 2.24) is 24.9 Å². The maximum atomic E-state index is 13.1. The van der Waals surface area contributed by atoms with Gasteiger partial charge in [-0.3, -0.25) is 48.2 Å². The molecule has 0 radical (unpaired) electrons. The number of nitrogens with zero attached hydrogens (tertiary/aromatic N) is 4. The van der Waals surface area contributed by atoms with Crippen LogP contribution in [0.2, 0.25) is 0 Å². The molecular weight excluding hydrogens is 761 g/mol. The number of phosphoric acid groups is 1. The monoisotopic (exact) mass is 819 g/mol. The molecule has 5 N–H and O–H groups in total. The van der Waals surface area contributed by atoms with Crippen molar-refractivity contribution in [2.75, 3.05) is 85.1 Å². The van der Waals surface area contributed by atoms with Crippen molar-refractivity contribution in [3.05, 3.63) is 52.1 Å². The zero-order valence-electron chi connectivity index (χ0n) is 33.6. The maximum absolute atomic E-state index is 13.1. The molecule has 0 saturated carbocycles. The Morgan fingerprint density at radius 2 is 1.37 bits per heavy atom. The van der Waals surface area contributed by atoms with Crippen LogP contribution in [0.4, 0.5) is 0 Å². The van der Waals surface area contributed by atoms with Crippen LogP contribution < -0.4 is 9.84 Å². The van der Waals surface area contributed by atoms with Crippen LogP contribution in [0.3, 0.4) is 0 Å². The second-order valence-corrected chi connectivity index (χ2v) is 15.9. The number of carbonyl (C=O) groups excluding carboxylic acids is 2. The Hall–Kier alpha value is -4.22. The number of aldehydes is 1. The number of hydrogen-bond acceptors (Lipinski definition) is 12. The van der Waals surface area contributed by atoms with Crippen LogP contribution in [0.5, 0.6) is 5.75 Å². The van der Waals surface area contributed by atoms with Gasteiger partial charge in [0.1, 0.15) is 18.1 Å². The number of carbonyl (C=O) groups is 5. The molecule has 3 rings (SSSR count). The fraction of sp³-hybridized carbons (Fsp3) is 0.564. The van der Waals surface area contributed by atoms with Crippen molar-refractivity contribution in [2.24, 2.45) is 0 Å². The topological polar surface area (TPSA) is 227 Å². The number of carboxylic acid groups (broad SMARTS) is 3. The van der Waals surface area contributed by atoms with Crippen molar-refractivity contribution in [1.29, 1.82) is 0 Å². The van der Waals surface area contributed by atoms with E-state index in [-0.39, 0.29) is 103 Å². The number of carboxylic acids is 3. The van der Waals surface area contributed by atoms with Gasteiger partial charge >= 0.3 is 25.7 Å². The van der Waals surface area contributed by atoms with Crippen molar-refractivity contribution in [2.45, 2.75) is 59.9 Å². The summed E-state index contributed by atoms with van der Waals surface area (Å²) < 4.78 is 23.9. The molecule has 1 aliphatic heterocycles. The molecule has 1 aliphatic rings. The van der Waals surface area contributed by atoms with E-state index in [0.29, 0.717) is 18.7 Å². The number of aryl methyl sites for hydroxylation is 5. The van der Waals surface area contributed by atoms with Crippen molar-refractivity contribution in [3.8, 4) is 16.9 Å². The van der Waals surface area contributed by atoms with Crippen molar-refractivity contribution < 1.29 is 57.8 Å². The van der Waals surface area contributed by atoms with Crippen LogP contribution in [0, 0.1) is 34.6 Å². The van der Waals surface area contributed by atoms with Gasteiger partial charge in [-0.2, -0.15) is 0 Å². The molecule has 0 aliphatic carbocycles. The van der Waals surface area contributed by atoms with E-state index in [9.17, 15) is 43.6 Å². The average molecular weight is 820 g/mol. The molecule has 0 bridgehead atoms. The quantitative estimate of drug-likeness (QED) is 0.0780. The Labute approximate surface area is 334 Å². The van der Waals surface area contributed by atoms with E-state index in [0.717, 1.165) is 39.7 Å². The van der Waals surface area contributed by atoms with Crippen LogP contribution in [-0.4, -0.2) is 161 Å². The molecule has 316 valence electrons. The molecular formula is C39H58N5O12P. The Morgan fingerprint density at radius 3 is 1.95 bits per heavy atom. The lowest BCUT2D eigenvalue weighted by Gasteiger charge is -2.35. The first-order valence-electron chi connectivity index (χ1n) is 19.0. The first kappa shape index (κ1) is 47.2.